The van der Waals surface area contributed by atoms with E-state index in [1.807, 2.05) is 37.3 Å². The highest BCUT2D eigenvalue weighted by Crippen LogP contribution is 2.33. The average Bonchev–Trinajstić information content (AvgIpc) is 2.58. The first-order valence-corrected chi connectivity index (χ1v) is 8.28. The molecule has 1 aromatic carbocycles. The van der Waals surface area contributed by atoms with Crippen LogP contribution in [0, 0.1) is 0 Å². The van der Waals surface area contributed by atoms with Gasteiger partial charge >= 0.3 is 5.97 Å². The SMILES string of the molecule is CCOc1ccc(CN2CCc3ccccc3C2CC(=O)O)nc1. The molecule has 0 radical (unpaired) electrons. The molecule has 5 heteroatoms. The molecule has 0 fully saturated rings. The molecule has 2 heterocycles. The van der Waals surface area contributed by atoms with Crippen LogP contribution in [-0.2, 0) is 17.8 Å². The average molecular weight is 326 g/mol. The lowest BCUT2D eigenvalue weighted by atomic mass is 9.90. The fourth-order valence-corrected chi connectivity index (χ4v) is 3.26. The molecule has 24 heavy (non-hydrogen) atoms. The number of carbonyl (C=O) groups is 1. The van der Waals surface area contributed by atoms with Gasteiger partial charge in [0.05, 0.1) is 24.9 Å². The Bertz CT molecular complexity index is 700. The minimum Gasteiger partial charge on any atom is -0.492 e. The molecular formula is C19H22N2O3. The lowest BCUT2D eigenvalue weighted by Crippen LogP contribution is -2.36. The van der Waals surface area contributed by atoms with Crippen LogP contribution in [0.1, 0.15) is 36.2 Å². The standard InChI is InChI=1S/C19H22N2O3/c1-2-24-16-8-7-15(20-12-16)13-21-10-9-14-5-3-4-6-17(14)18(21)11-19(22)23/h3-8,12,18H,2,9-11,13H2,1H3,(H,22,23). The van der Waals surface area contributed by atoms with Gasteiger partial charge in [0, 0.05) is 19.1 Å². The predicted molar refractivity (Wildman–Crippen MR) is 91.0 cm³/mol. The number of hydrogen-bond donors (Lipinski definition) is 1. The molecule has 0 saturated heterocycles. The molecule has 3 rings (SSSR count). The molecule has 1 aliphatic heterocycles. The number of fused-ring (bicyclic) bond motifs is 1. The highest BCUT2D eigenvalue weighted by Gasteiger charge is 2.29. The molecule has 1 aromatic heterocycles. The molecular weight excluding hydrogens is 304 g/mol. The first kappa shape index (κ1) is 16.5. The van der Waals surface area contributed by atoms with E-state index in [0.717, 1.165) is 30.0 Å². The number of carboxylic acids is 1. The number of hydrogen-bond acceptors (Lipinski definition) is 4. The van der Waals surface area contributed by atoms with Crippen LogP contribution >= 0.6 is 0 Å². The minimum atomic E-state index is -0.777. The highest BCUT2D eigenvalue weighted by atomic mass is 16.5. The molecule has 1 unspecified atom stereocenters. The number of carboxylic acid groups (broad SMARTS) is 1. The summed E-state index contributed by atoms with van der Waals surface area (Å²) in [5.41, 5.74) is 3.30. The summed E-state index contributed by atoms with van der Waals surface area (Å²) in [6.07, 6.45) is 2.76. The van der Waals surface area contributed by atoms with Gasteiger partial charge in [0.2, 0.25) is 0 Å². The quantitative estimate of drug-likeness (QED) is 0.884. The number of rotatable bonds is 6. The van der Waals surface area contributed by atoms with Crippen LogP contribution in [-0.4, -0.2) is 34.1 Å². The third-order valence-electron chi connectivity index (χ3n) is 4.36. The van der Waals surface area contributed by atoms with Crippen LogP contribution in [0.25, 0.3) is 0 Å². The maximum absolute atomic E-state index is 11.3. The number of aliphatic carboxylic acids is 1. The lowest BCUT2D eigenvalue weighted by molar-refractivity contribution is -0.138. The smallest absolute Gasteiger partial charge is 0.305 e. The van der Waals surface area contributed by atoms with E-state index >= 15 is 0 Å². The molecule has 0 spiro atoms. The molecule has 5 nitrogen and oxygen atoms in total. The van der Waals surface area contributed by atoms with Crippen molar-refractivity contribution in [1.29, 1.82) is 0 Å². The lowest BCUT2D eigenvalue weighted by Gasteiger charge is -2.36. The second-order valence-electron chi connectivity index (χ2n) is 5.95. The number of ether oxygens (including phenoxy) is 1. The predicted octanol–water partition coefficient (Wildman–Crippen LogP) is 3.05. The van der Waals surface area contributed by atoms with Crippen molar-refractivity contribution in [3.05, 3.63) is 59.4 Å². The number of benzene rings is 1. The Morgan fingerprint density at radius 1 is 1.33 bits per heavy atom. The summed E-state index contributed by atoms with van der Waals surface area (Å²) in [6.45, 7) is 4.03. The van der Waals surface area contributed by atoms with Crippen LogP contribution in [0.5, 0.6) is 5.75 Å². The van der Waals surface area contributed by atoms with Gasteiger partial charge < -0.3 is 9.84 Å². The van der Waals surface area contributed by atoms with Crippen molar-refractivity contribution in [2.24, 2.45) is 0 Å². The summed E-state index contributed by atoms with van der Waals surface area (Å²) in [5.74, 6) is -0.0197. The first-order valence-electron chi connectivity index (χ1n) is 8.28. The zero-order valence-electron chi connectivity index (χ0n) is 13.8. The van der Waals surface area contributed by atoms with Crippen LogP contribution in [0.4, 0.5) is 0 Å². The largest absolute Gasteiger partial charge is 0.492 e. The molecule has 0 saturated carbocycles. The molecule has 1 aliphatic rings. The number of pyridine rings is 1. The van der Waals surface area contributed by atoms with Gasteiger partial charge in [-0.05, 0) is 36.6 Å². The number of aromatic nitrogens is 1. The summed E-state index contributed by atoms with van der Waals surface area (Å²) in [5, 5.41) is 9.31. The Labute approximate surface area is 141 Å². The van der Waals surface area contributed by atoms with Gasteiger partial charge in [0.1, 0.15) is 5.75 Å². The Morgan fingerprint density at radius 2 is 2.17 bits per heavy atom. The van der Waals surface area contributed by atoms with Crippen molar-refractivity contribution < 1.29 is 14.6 Å². The van der Waals surface area contributed by atoms with Gasteiger partial charge in [-0.1, -0.05) is 24.3 Å². The molecule has 0 aliphatic carbocycles. The van der Waals surface area contributed by atoms with Crippen molar-refractivity contribution >= 4 is 5.97 Å². The summed E-state index contributed by atoms with van der Waals surface area (Å²) < 4.78 is 5.42. The Morgan fingerprint density at radius 3 is 2.88 bits per heavy atom. The topological polar surface area (TPSA) is 62.7 Å². The van der Waals surface area contributed by atoms with Crippen molar-refractivity contribution in [3.8, 4) is 5.75 Å². The summed E-state index contributed by atoms with van der Waals surface area (Å²) in [4.78, 5) is 18.0. The van der Waals surface area contributed by atoms with E-state index in [4.69, 9.17) is 4.74 Å². The molecule has 1 N–H and O–H groups in total. The highest BCUT2D eigenvalue weighted by molar-refractivity contribution is 5.68. The van der Waals surface area contributed by atoms with Gasteiger partial charge in [-0.25, -0.2) is 0 Å². The van der Waals surface area contributed by atoms with Crippen molar-refractivity contribution in [2.75, 3.05) is 13.2 Å². The fraction of sp³-hybridized carbons (Fsp3) is 0.368. The van der Waals surface area contributed by atoms with Gasteiger partial charge in [0.25, 0.3) is 0 Å². The summed E-state index contributed by atoms with van der Waals surface area (Å²) >= 11 is 0. The van der Waals surface area contributed by atoms with Crippen LogP contribution in [0.2, 0.25) is 0 Å². The van der Waals surface area contributed by atoms with Crippen LogP contribution < -0.4 is 4.74 Å². The van der Waals surface area contributed by atoms with E-state index in [-0.39, 0.29) is 12.5 Å². The first-order chi connectivity index (χ1) is 11.7. The minimum absolute atomic E-state index is 0.105. The molecule has 2 aromatic rings. The molecule has 0 amide bonds. The van der Waals surface area contributed by atoms with Crippen molar-refractivity contribution in [2.45, 2.75) is 32.4 Å². The van der Waals surface area contributed by atoms with Crippen molar-refractivity contribution in [1.82, 2.24) is 9.88 Å². The Kier molecular flexibility index (Phi) is 5.11. The van der Waals surface area contributed by atoms with E-state index in [9.17, 15) is 9.90 Å². The molecule has 126 valence electrons. The van der Waals surface area contributed by atoms with Crippen LogP contribution in [0.3, 0.4) is 0 Å². The second kappa shape index (κ2) is 7.45. The molecule has 0 bridgehead atoms. The maximum atomic E-state index is 11.3. The third kappa shape index (κ3) is 3.74. The van der Waals surface area contributed by atoms with E-state index < -0.39 is 5.97 Å². The Balaban J connectivity index is 1.79. The van der Waals surface area contributed by atoms with E-state index in [1.165, 1.54) is 5.56 Å². The summed E-state index contributed by atoms with van der Waals surface area (Å²) in [6, 6.07) is 11.9. The zero-order valence-corrected chi connectivity index (χ0v) is 13.8. The maximum Gasteiger partial charge on any atom is 0.305 e. The third-order valence-corrected chi connectivity index (χ3v) is 4.36. The van der Waals surface area contributed by atoms with E-state index in [1.54, 1.807) is 6.20 Å². The fourth-order valence-electron chi connectivity index (χ4n) is 3.26. The van der Waals surface area contributed by atoms with Crippen molar-refractivity contribution in [3.63, 3.8) is 0 Å². The van der Waals surface area contributed by atoms with E-state index in [2.05, 4.69) is 16.0 Å². The Hall–Kier alpha value is -2.40. The normalized spacial score (nSPS) is 17.3. The second-order valence-corrected chi connectivity index (χ2v) is 5.95. The number of nitrogens with zero attached hydrogens (tertiary/aromatic N) is 2. The summed E-state index contributed by atoms with van der Waals surface area (Å²) in [7, 11) is 0. The molecule has 1 atom stereocenters. The monoisotopic (exact) mass is 326 g/mol. The van der Waals surface area contributed by atoms with Gasteiger partial charge in [-0.15, -0.1) is 0 Å². The zero-order chi connectivity index (χ0) is 16.9. The van der Waals surface area contributed by atoms with E-state index in [0.29, 0.717) is 13.2 Å². The van der Waals surface area contributed by atoms with Gasteiger partial charge in [-0.3, -0.25) is 14.7 Å². The van der Waals surface area contributed by atoms with Gasteiger partial charge in [-0.2, -0.15) is 0 Å². The van der Waals surface area contributed by atoms with Gasteiger partial charge in [0.15, 0.2) is 0 Å². The van der Waals surface area contributed by atoms with Crippen LogP contribution in [0.15, 0.2) is 42.6 Å².